The van der Waals surface area contributed by atoms with E-state index in [0.29, 0.717) is 6.54 Å². The fraction of sp³-hybridized carbons (Fsp3) is 0.333. The van der Waals surface area contributed by atoms with Crippen LogP contribution < -0.4 is 10.6 Å². The van der Waals surface area contributed by atoms with E-state index in [-0.39, 0.29) is 12.3 Å². The number of likely N-dealkylation sites (N-methyl/N-ethyl adjacent to an activating group) is 1. The molecule has 17 heavy (non-hydrogen) atoms. The molecule has 1 atom stereocenters. The highest BCUT2D eigenvalue weighted by atomic mass is 16.4. The molecule has 0 aromatic heterocycles. The van der Waals surface area contributed by atoms with Crippen LogP contribution in [0, 0.1) is 0 Å². The van der Waals surface area contributed by atoms with Crippen LogP contribution in [-0.4, -0.2) is 30.1 Å². The number of carbonyl (C=O) groups excluding carboxylic acids is 1. The van der Waals surface area contributed by atoms with E-state index in [1.807, 2.05) is 30.3 Å². The smallest absolute Gasteiger partial charge is 0.305 e. The zero-order chi connectivity index (χ0) is 12.7. The Bertz CT molecular complexity index is 379. The van der Waals surface area contributed by atoms with E-state index in [4.69, 9.17) is 5.11 Å². The summed E-state index contributed by atoms with van der Waals surface area (Å²) < 4.78 is 0. The van der Waals surface area contributed by atoms with Crippen LogP contribution >= 0.6 is 0 Å². The summed E-state index contributed by atoms with van der Waals surface area (Å²) in [6.07, 6.45) is -0.225. The van der Waals surface area contributed by atoms with Gasteiger partial charge in [0.15, 0.2) is 0 Å². The highest BCUT2D eigenvalue weighted by Crippen LogP contribution is 1.98. The monoisotopic (exact) mass is 236 g/mol. The van der Waals surface area contributed by atoms with Crippen molar-refractivity contribution in [2.75, 3.05) is 7.05 Å². The number of nitrogens with one attached hydrogen (secondary N) is 2. The molecule has 5 nitrogen and oxygen atoms in total. The number of carbonyl (C=O) groups is 2. The number of hydrogen-bond donors (Lipinski definition) is 3. The van der Waals surface area contributed by atoms with Crippen molar-refractivity contribution in [1.82, 2.24) is 10.6 Å². The Morgan fingerprint density at radius 1 is 1.29 bits per heavy atom. The number of benzene rings is 1. The first-order chi connectivity index (χ1) is 8.13. The fourth-order valence-electron chi connectivity index (χ4n) is 1.41. The lowest BCUT2D eigenvalue weighted by molar-refractivity contribution is -0.139. The molecule has 1 aromatic carbocycles. The van der Waals surface area contributed by atoms with Crippen molar-refractivity contribution in [3.8, 4) is 0 Å². The van der Waals surface area contributed by atoms with Crippen molar-refractivity contribution in [3.63, 3.8) is 0 Å². The molecule has 1 amide bonds. The maximum absolute atomic E-state index is 11.6. The zero-order valence-corrected chi connectivity index (χ0v) is 9.64. The van der Waals surface area contributed by atoms with E-state index in [1.54, 1.807) is 7.05 Å². The predicted octanol–water partition coefficient (Wildman–Crippen LogP) is 0.366. The molecular formula is C12H16N2O3. The second kappa shape index (κ2) is 6.65. The van der Waals surface area contributed by atoms with Gasteiger partial charge in [0.05, 0.1) is 12.5 Å². The van der Waals surface area contributed by atoms with E-state index in [1.165, 1.54) is 0 Å². The first-order valence-corrected chi connectivity index (χ1v) is 5.34. The van der Waals surface area contributed by atoms with Gasteiger partial charge < -0.3 is 15.7 Å². The molecule has 0 spiro atoms. The maximum atomic E-state index is 11.6. The minimum atomic E-state index is -1.00. The van der Waals surface area contributed by atoms with Gasteiger partial charge in [0.1, 0.15) is 0 Å². The summed E-state index contributed by atoms with van der Waals surface area (Å²) in [5, 5.41) is 14.0. The Morgan fingerprint density at radius 2 is 1.94 bits per heavy atom. The molecule has 1 aromatic rings. The van der Waals surface area contributed by atoms with E-state index >= 15 is 0 Å². The number of amides is 1. The average Bonchev–Trinajstić information content (AvgIpc) is 2.34. The van der Waals surface area contributed by atoms with Crippen LogP contribution in [-0.2, 0) is 16.1 Å². The van der Waals surface area contributed by atoms with Gasteiger partial charge in [-0.25, -0.2) is 0 Å². The minimum absolute atomic E-state index is 0.225. The Labute approximate surface area is 99.8 Å². The van der Waals surface area contributed by atoms with Crippen molar-refractivity contribution < 1.29 is 14.7 Å². The van der Waals surface area contributed by atoms with Gasteiger partial charge >= 0.3 is 5.97 Å². The lowest BCUT2D eigenvalue weighted by atomic mass is 10.2. The van der Waals surface area contributed by atoms with Crippen molar-refractivity contribution in [3.05, 3.63) is 35.9 Å². The molecule has 0 saturated carbocycles. The van der Waals surface area contributed by atoms with Crippen LogP contribution in [0.3, 0.4) is 0 Å². The first kappa shape index (κ1) is 13.2. The molecule has 0 radical (unpaired) electrons. The maximum Gasteiger partial charge on any atom is 0.305 e. The summed E-state index contributed by atoms with van der Waals surface area (Å²) in [5.74, 6) is -1.31. The SMILES string of the molecule is CN[C@@H](CC(=O)O)C(=O)NCc1ccccc1. The summed E-state index contributed by atoms with van der Waals surface area (Å²) in [4.78, 5) is 22.2. The molecule has 0 aliphatic rings. The van der Waals surface area contributed by atoms with Crippen LogP contribution in [0.4, 0.5) is 0 Å². The number of rotatable bonds is 6. The first-order valence-electron chi connectivity index (χ1n) is 5.34. The Kier molecular flexibility index (Phi) is 5.16. The number of aliphatic carboxylic acids is 1. The molecule has 0 heterocycles. The standard InChI is InChI=1S/C12H16N2O3/c1-13-10(7-11(15)16)12(17)14-8-9-5-3-2-4-6-9/h2-6,10,13H,7-8H2,1H3,(H,14,17)(H,15,16)/t10-/m0/s1. The summed E-state index contributed by atoms with van der Waals surface area (Å²) in [6.45, 7) is 0.400. The summed E-state index contributed by atoms with van der Waals surface area (Å²) >= 11 is 0. The molecule has 0 aliphatic carbocycles. The van der Waals surface area contributed by atoms with Crippen LogP contribution in [0.1, 0.15) is 12.0 Å². The zero-order valence-electron chi connectivity index (χ0n) is 9.64. The van der Waals surface area contributed by atoms with Crippen LogP contribution in [0.25, 0.3) is 0 Å². The van der Waals surface area contributed by atoms with Gasteiger partial charge in [-0.15, -0.1) is 0 Å². The highest BCUT2D eigenvalue weighted by Gasteiger charge is 2.18. The van der Waals surface area contributed by atoms with Crippen molar-refractivity contribution in [2.45, 2.75) is 19.0 Å². The average molecular weight is 236 g/mol. The quantitative estimate of drug-likeness (QED) is 0.666. The van der Waals surface area contributed by atoms with Gasteiger partial charge in [-0.05, 0) is 12.6 Å². The fourth-order valence-corrected chi connectivity index (χ4v) is 1.41. The molecule has 0 bridgehead atoms. The normalized spacial score (nSPS) is 11.8. The molecule has 0 aliphatic heterocycles. The molecular weight excluding hydrogens is 220 g/mol. The third kappa shape index (κ3) is 4.65. The number of carboxylic acid groups (broad SMARTS) is 1. The predicted molar refractivity (Wildman–Crippen MR) is 63.4 cm³/mol. The lowest BCUT2D eigenvalue weighted by Gasteiger charge is -2.13. The van der Waals surface area contributed by atoms with E-state index in [9.17, 15) is 9.59 Å². The molecule has 1 rings (SSSR count). The van der Waals surface area contributed by atoms with Crippen molar-refractivity contribution >= 4 is 11.9 Å². The summed E-state index contributed by atoms with van der Waals surface area (Å²) in [7, 11) is 1.57. The van der Waals surface area contributed by atoms with Crippen LogP contribution in [0.15, 0.2) is 30.3 Å². The van der Waals surface area contributed by atoms with Gasteiger partial charge in [0.2, 0.25) is 5.91 Å². The Morgan fingerprint density at radius 3 is 2.47 bits per heavy atom. The van der Waals surface area contributed by atoms with Gasteiger partial charge in [0.25, 0.3) is 0 Å². The molecule has 3 N–H and O–H groups in total. The van der Waals surface area contributed by atoms with Crippen LogP contribution in [0.5, 0.6) is 0 Å². The van der Waals surface area contributed by atoms with Crippen molar-refractivity contribution in [1.29, 1.82) is 0 Å². The van der Waals surface area contributed by atoms with Crippen molar-refractivity contribution in [2.24, 2.45) is 0 Å². The van der Waals surface area contributed by atoms with E-state index in [2.05, 4.69) is 10.6 Å². The molecule has 0 unspecified atom stereocenters. The Hall–Kier alpha value is -1.88. The second-order valence-electron chi connectivity index (χ2n) is 3.64. The molecule has 5 heteroatoms. The third-order valence-corrected chi connectivity index (χ3v) is 2.35. The van der Waals surface area contributed by atoms with Crippen LogP contribution in [0.2, 0.25) is 0 Å². The largest absolute Gasteiger partial charge is 0.481 e. The van der Waals surface area contributed by atoms with E-state index < -0.39 is 12.0 Å². The van der Waals surface area contributed by atoms with E-state index in [0.717, 1.165) is 5.56 Å². The van der Waals surface area contributed by atoms with Gasteiger partial charge in [-0.2, -0.15) is 0 Å². The topological polar surface area (TPSA) is 78.4 Å². The highest BCUT2D eigenvalue weighted by molar-refractivity contribution is 5.86. The minimum Gasteiger partial charge on any atom is -0.481 e. The Balaban J connectivity index is 2.45. The second-order valence-corrected chi connectivity index (χ2v) is 3.64. The summed E-state index contributed by atoms with van der Waals surface area (Å²) in [5.41, 5.74) is 0.978. The number of carboxylic acids is 1. The number of hydrogen-bond acceptors (Lipinski definition) is 3. The van der Waals surface area contributed by atoms with Gasteiger partial charge in [-0.1, -0.05) is 30.3 Å². The van der Waals surface area contributed by atoms with Gasteiger partial charge in [-0.3, -0.25) is 9.59 Å². The van der Waals surface area contributed by atoms with Gasteiger partial charge in [0, 0.05) is 6.54 Å². The third-order valence-electron chi connectivity index (χ3n) is 2.35. The lowest BCUT2D eigenvalue weighted by Crippen LogP contribution is -2.43. The molecule has 0 fully saturated rings. The summed E-state index contributed by atoms with van der Waals surface area (Å²) in [6, 6.07) is 8.75. The molecule has 92 valence electrons. The molecule has 0 saturated heterocycles.